The predicted octanol–water partition coefficient (Wildman–Crippen LogP) is 3.45. The van der Waals surface area contributed by atoms with E-state index in [1.54, 1.807) is 4.90 Å². The molecule has 2 atom stereocenters. The third-order valence-electron chi connectivity index (χ3n) is 4.11. The van der Waals surface area contributed by atoms with Crippen LogP contribution in [0.25, 0.3) is 0 Å². The number of unbranched alkanes of at least 4 members (excludes halogenated alkanes) is 3. The Balaban J connectivity index is 2.12. The molecular weight excluding hydrogens is 255 g/mol. The maximum Gasteiger partial charge on any atom is 0.415 e. The summed E-state index contributed by atoms with van der Waals surface area (Å²) in [7, 11) is 0. The second kappa shape index (κ2) is 7.48. The zero-order valence-electron chi connectivity index (χ0n) is 11.9. The largest absolute Gasteiger partial charge is 0.415 e. The van der Waals surface area contributed by atoms with Gasteiger partial charge in [-0.25, -0.2) is 0 Å². The Morgan fingerprint density at radius 3 is 2.37 bits per heavy atom. The standard InChI is InChI=1S/C14H26F3NO/c1-3-4-5-6-7-11(2)12-8-18(9-12)10-13(19)14(15,16)17/h11-13,19H,3-10H2,1-2H3. The van der Waals surface area contributed by atoms with Gasteiger partial charge in [-0.3, -0.25) is 4.90 Å². The first kappa shape index (κ1) is 16.8. The molecule has 0 aliphatic carbocycles. The maximum atomic E-state index is 12.2. The van der Waals surface area contributed by atoms with Crippen molar-refractivity contribution in [3.63, 3.8) is 0 Å². The van der Waals surface area contributed by atoms with Crippen LogP contribution in [-0.4, -0.2) is 41.9 Å². The number of halogens is 3. The van der Waals surface area contributed by atoms with Crippen LogP contribution in [0.5, 0.6) is 0 Å². The van der Waals surface area contributed by atoms with Gasteiger partial charge in [-0.15, -0.1) is 0 Å². The average Bonchev–Trinajstić information content (AvgIpc) is 2.26. The summed E-state index contributed by atoms with van der Waals surface area (Å²) in [5.74, 6) is 1.08. The van der Waals surface area contributed by atoms with E-state index < -0.39 is 12.3 Å². The molecule has 0 saturated carbocycles. The van der Waals surface area contributed by atoms with Gasteiger partial charge in [0.2, 0.25) is 0 Å². The molecule has 0 radical (unpaired) electrons. The van der Waals surface area contributed by atoms with Crippen LogP contribution in [0.1, 0.15) is 46.0 Å². The van der Waals surface area contributed by atoms with E-state index in [0.29, 0.717) is 24.9 Å². The van der Waals surface area contributed by atoms with Crippen LogP contribution in [0, 0.1) is 11.8 Å². The van der Waals surface area contributed by atoms with Gasteiger partial charge in [0.1, 0.15) is 0 Å². The molecule has 1 aliphatic rings. The molecule has 1 N–H and O–H groups in total. The van der Waals surface area contributed by atoms with Crippen LogP contribution in [-0.2, 0) is 0 Å². The first-order chi connectivity index (χ1) is 8.84. The highest BCUT2D eigenvalue weighted by atomic mass is 19.4. The van der Waals surface area contributed by atoms with Crippen LogP contribution >= 0.6 is 0 Å². The van der Waals surface area contributed by atoms with Gasteiger partial charge in [-0.2, -0.15) is 13.2 Å². The molecule has 1 fully saturated rings. The normalized spacial score (nSPS) is 21.2. The second-order valence-corrected chi connectivity index (χ2v) is 5.86. The molecule has 1 saturated heterocycles. The van der Waals surface area contributed by atoms with E-state index in [0.717, 1.165) is 0 Å². The van der Waals surface area contributed by atoms with E-state index in [2.05, 4.69) is 13.8 Å². The monoisotopic (exact) mass is 281 g/mol. The van der Waals surface area contributed by atoms with E-state index in [1.807, 2.05) is 0 Å². The Hall–Kier alpha value is -0.290. The zero-order valence-corrected chi connectivity index (χ0v) is 11.9. The van der Waals surface area contributed by atoms with E-state index in [9.17, 15) is 13.2 Å². The van der Waals surface area contributed by atoms with E-state index in [-0.39, 0.29) is 6.54 Å². The number of β-amino-alcohol motifs (C(OH)–C–C–N with tert-alkyl or cyclic N) is 1. The highest BCUT2D eigenvalue weighted by molar-refractivity contribution is 4.85. The van der Waals surface area contributed by atoms with Crippen molar-refractivity contribution >= 4 is 0 Å². The summed E-state index contributed by atoms with van der Waals surface area (Å²) >= 11 is 0. The fourth-order valence-electron chi connectivity index (χ4n) is 2.60. The molecular formula is C14H26F3NO. The summed E-state index contributed by atoms with van der Waals surface area (Å²) in [5, 5.41) is 8.98. The van der Waals surface area contributed by atoms with Crippen LogP contribution in [0.4, 0.5) is 13.2 Å². The van der Waals surface area contributed by atoms with Gasteiger partial charge in [0.05, 0.1) is 0 Å². The average molecular weight is 281 g/mol. The topological polar surface area (TPSA) is 23.5 Å². The molecule has 2 nitrogen and oxygen atoms in total. The number of alkyl halides is 3. The maximum absolute atomic E-state index is 12.2. The van der Waals surface area contributed by atoms with Crippen LogP contribution < -0.4 is 0 Å². The zero-order chi connectivity index (χ0) is 14.5. The highest BCUT2D eigenvalue weighted by Crippen LogP contribution is 2.29. The van der Waals surface area contributed by atoms with Gasteiger partial charge in [0.25, 0.3) is 0 Å². The summed E-state index contributed by atoms with van der Waals surface area (Å²) in [6.45, 7) is 5.49. The molecule has 5 heteroatoms. The second-order valence-electron chi connectivity index (χ2n) is 5.86. The number of likely N-dealkylation sites (tertiary alicyclic amines) is 1. The van der Waals surface area contributed by atoms with Crippen molar-refractivity contribution in [3.8, 4) is 0 Å². The quantitative estimate of drug-likeness (QED) is 0.689. The van der Waals surface area contributed by atoms with Crippen LogP contribution in [0.3, 0.4) is 0 Å². The summed E-state index contributed by atoms with van der Waals surface area (Å²) in [5.41, 5.74) is 0. The highest BCUT2D eigenvalue weighted by Gasteiger charge is 2.41. The molecule has 1 heterocycles. The molecule has 1 rings (SSSR count). The predicted molar refractivity (Wildman–Crippen MR) is 69.9 cm³/mol. The Bertz CT molecular complexity index is 252. The van der Waals surface area contributed by atoms with Crippen LogP contribution in [0.2, 0.25) is 0 Å². The number of aliphatic hydroxyl groups excluding tert-OH is 1. The third-order valence-corrected chi connectivity index (χ3v) is 4.11. The Morgan fingerprint density at radius 2 is 1.84 bits per heavy atom. The van der Waals surface area contributed by atoms with E-state index in [1.165, 1.54) is 32.1 Å². The molecule has 0 aromatic rings. The minimum Gasteiger partial charge on any atom is -0.382 e. The lowest BCUT2D eigenvalue weighted by Crippen LogP contribution is -2.54. The number of hydrogen-bond acceptors (Lipinski definition) is 2. The molecule has 114 valence electrons. The minimum atomic E-state index is -4.49. The van der Waals surface area contributed by atoms with E-state index >= 15 is 0 Å². The van der Waals surface area contributed by atoms with Gasteiger partial charge in [-0.1, -0.05) is 46.0 Å². The molecule has 2 unspecified atom stereocenters. The number of hydrogen-bond donors (Lipinski definition) is 1. The molecule has 1 aliphatic heterocycles. The van der Waals surface area contributed by atoms with Crippen molar-refractivity contribution < 1.29 is 18.3 Å². The van der Waals surface area contributed by atoms with Crippen molar-refractivity contribution in [1.82, 2.24) is 4.90 Å². The van der Waals surface area contributed by atoms with Crippen molar-refractivity contribution in [1.29, 1.82) is 0 Å². The number of aliphatic hydroxyl groups is 1. The lowest BCUT2D eigenvalue weighted by Gasteiger charge is -2.43. The van der Waals surface area contributed by atoms with Gasteiger partial charge in [-0.05, 0) is 11.8 Å². The first-order valence-corrected chi connectivity index (χ1v) is 7.31. The summed E-state index contributed by atoms with van der Waals surface area (Å²) in [4.78, 5) is 1.70. The number of rotatable bonds is 8. The third kappa shape index (κ3) is 5.69. The Morgan fingerprint density at radius 1 is 1.21 bits per heavy atom. The van der Waals surface area contributed by atoms with E-state index in [4.69, 9.17) is 5.11 Å². The molecule has 0 aromatic carbocycles. The molecule has 0 amide bonds. The van der Waals surface area contributed by atoms with Gasteiger partial charge >= 0.3 is 6.18 Å². The van der Waals surface area contributed by atoms with Crippen molar-refractivity contribution in [2.24, 2.45) is 11.8 Å². The number of nitrogens with zero attached hydrogens (tertiary/aromatic N) is 1. The minimum absolute atomic E-state index is 0.275. The smallest absolute Gasteiger partial charge is 0.382 e. The first-order valence-electron chi connectivity index (χ1n) is 7.31. The lowest BCUT2D eigenvalue weighted by molar-refractivity contribution is -0.212. The summed E-state index contributed by atoms with van der Waals surface area (Å²) < 4.78 is 36.6. The van der Waals surface area contributed by atoms with Crippen LogP contribution in [0.15, 0.2) is 0 Å². The van der Waals surface area contributed by atoms with Crippen molar-refractivity contribution in [2.75, 3.05) is 19.6 Å². The summed E-state index contributed by atoms with van der Waals surface area (Å²) in [6, 6.07) is 0. The van der Waals surface area contributed by atoms with Gasteiger partial charge in [0.15, 0.2) is 6.10 Å². The summed E-state index contributed by atoms with van der Waals surface area (Å²) in [6.07, 6.45) is -0.562. The van der Waals surface area contributed by atoms with Crippen molar-refractivity contribution in [3.05, 3.63) is 0 Å². The lowest BCUT2D eigenvalue weighted by atomic mass is 9.83. The van der Waals surface area contributed by atoms with Gasteiger partial charge in [0, 0.05) is 19.6 Å². The molecule has 19 heavy (non-hydrogen) atoms. The van der Waals surface area contributed by atoms with Gasteiger partial charge < -0.3 is 5.11 Å². The molecule has 0 bridgehead atoms. The molecule has 0 aromatic heterocycles. The SMILES string of the molecule is CCCCCCC(C)C1CN(CC(O)C(F)(F)F)C1. The Labute approximate surface area is 114 Å². The molecule has 0 spiro atoms. The fourth-order valence-corrected chi connectivity index (χ4v) is 2.60. The van der Waals surface area contributed by atoms with Crippen molar-refractivity contribution in [2.45, 2.75) is 58.2 Å². The fraction of sp³-hybridized carbons (Fsp3) is 1.00. The Kier molecular flexibility index (Phi) is 6.60.